The van der Waals surface area contributed by atoms with Gasteiger partial charge in [0.15, 0.2) is 0 Å². The summed E-state index contributed by atoms with van der Waals surface area (Å²) in [4.78, 5) is 25.5. The maximum absolute atomic E-state index is 13.5. The second kappa shape index (κ2) is 9.06. The number of hydrogen-bond donors (Lipinski definition) is 1. The summed E-state index contributed by atoms with van der Waals surface area (Å²) in [5.41, 5.74) is 0.773. The molecule has 1 aliphatic rings. The SMILES string of the molecule is COC(=O)c1cc(NC(=O)C2(c3ccc(Cl)cc3Cl)CCCCC2)ccc1OC. The molecule has 0 radical (unpaired) electrons. The molecule has 0 bridgehead atoms. The van der Waals surface area contributed by atoms with Gasteiger partial charge in [0.25, 0.3) is 0 Å². The van der Waals surface area contributed by atoms with Gasteiger partial charge >= 0.3 is 5.97 Å². The van der Waals surface area contributed by atoms with E-state index in [0.29, 0.717) is 34.3 Å². The Bertz CT molecular complexity index is 923. The topological polar surface area (TPSA) is 64.6 Å². The van der Waals surface area contributed by atoms with Crippen LogP contribution in [0.15, 0.2) is 36.4 Å². The molecular formula is C22H23Cl2NO4. The Hall–Kier alpha value is -2.24. The lowest BCUT2D eigenvalue weighted by Crippen LogP contribution is -2.42. The number of rotatable bonds is 5. The Labute approximate surface area is 180 Å². The summed E-state index contributed by atoms with van der Waals surface area (Å²) in [7, 11) is 2.77. The Morgan fingerprint density at radius 2 is 1.72 bits per heavy atom. The zero-order valence-electron chi connectivity index (χ0n) is 16.4. The third kappa shape index (κ3) is 4.36. The third-order valence-corrected chi connectivity index (χ3v) is 6.00. The van der Waals surface area contributed by atoms with Crippen LogP contribution in [-0.4, -0.2) is 26.1 Å². The van der Waals surface area contributed by atoms with Gasteiger partial charge in [-0.25, -0.2) is 4.79 Å². The minimum absolute atomic E-state index is 0.151. The first kappa shape index (κ1) is 21.5. The molecule has 1 amide bonds. The van der Waals surface area contributed by atoms with Crippen LogP contribution >= 0.6 is 23.2 Å². The molecule has 1 fully saturated rings. The molecule has 0 aliphatic heterocycles. The largest absolute Gasteiger partial charge is 0.496 e. The fraction of sp³-hybridized carbons (Fsp3) is 0.364. The van der Waals surface area contributed by atoms with E-state index in [4.69, 9.17) is 32.7 Å². The van der Waals surface area contributed by atoms with Crippen molar-refractivity contribution in [2.75, 3.05) is 19.5 Å². The number of esters is 1. The Kier molecular flexibility index (Phi) is 6.70. The van der Waals surface area contributed by atoms with Crippen molar-refractivity contribution in [2.24, 2.45) is 0 Å². The van der Waals surface area contributed by atoms with Crippen molar-refractivity contribution in [3.63, 3.8) is 0 Å². The van der Waals surface area contributed by atoms with Gasteiger partial charge in [0.1, 0.15) is 11.3 Å². The molecular weight excluding hydrogens is 413 g/mol. The molecule has 0 spiro atoms. The summed E-state index contributed by atoms with van der Waals surface area (Å²) in [6.07, 6.45) is 4.33. The first-order chi connectivity index (χ1) is 13.9. The Morgan fingerprint density at radius 3 is 2.34 bits per heavy atom. The molecule has 7 heteroatoms. The summed E-state index contributed by atoms with van der Waals surface area (Å²) < 4.78 is 10.0. The van der Waals surface area contributed by atoms with Crippen molar-refractivity contribution in [1.29, 1.82) is 0 Å². The van der Waals surface area contributed by atoms with Crippen molar-refractivity contribution in [2.45, 2.75) is 37.5 Å². The van der Waals surface area contributed by atoms with Gasteiger partial charge in [-0.15, -0.1) is 0 Å². The highest BCUT2D eigenvalue weighted by atomic mass is 35.5. The van der Waals surface area contributed by atoms with E-state index in [-0.39, 0.29) is 11.5 Å². The highest BCUT2D eigenvalue weighted by Gasteiger charge is 2.42. The highest BCUT2D eigenvalue weighted by Crippen LogP contribution is 2.44. The average molecular weight is 436 g/mol. The van der Waals surface area contributed by atoms with Crippen molar-refractivity contribution >= 4 is 40.8 Å². The molecule has 0 aromatic heterocycles. The van der Waals surface area contributed by atoms with Gasteiger partial charge in [-0.05, 0) is 48.7 Å². The van der Waals surface area contributed by atoms with Crippen LogP contribution < -0.4 is 10.1 Å². The minimum Gasteiger partial charge on any atom is -0.496 e. The number of hydrogen-bond acceptors (Lipinski definition) is 4. The van der Waals surface area contributed by atoms with Crippen LogP contribution in [0.1, 0.15) is 48.0 Å². The normalized spacial score (nSPS) is 15.4. The molecule has 1 N–H and O–H groups in total. The van der Waals surface area contributed by atoms with E-state index in [1.54, 1.807) is 30.3 Å². The number of amides is 1. The number of halogens is 2. The molecule has 2 aromatic carbocycles. The molecule has 5 nitrogen and oxygen atoms in total. The predicted molar refractivity (Wildman–Crippen MR) is 114 cm³/mol. The average Bonchev–Trinajstić information content (AvgIpc) is 2.73. The molecule has 0 atom stereocenters. The van der Waals surface area contributed by atoms with Gasteiger partial charge in [-0.1, -0.05) is 48.5 Å². The maximum Gasteiger partial charge on any atom is 0.341 e. The number of benzene rings is 2. The van der Waals surface area contributed by atoms with Gasteiger partial charge in [-0.3, -0.25) is 4.79 Å². The summed E-state index contributed by atoms with van der Waals surface area (Å²) in [6.45, 7) is 0. The van der Waals surface area contributed by atoms with E-state index in [1.807, 2.05) is 6.07 Å². The maximum atomic E-state index is 13.5. The van der Waals surface area contributed by atoms with Crippen LogP contribution in [0.2, 0.25) is 10.0 Å². The molecule has 154 valence electrons. The monoisotopic (exact) mass is 435 g/mol. The van der Waals surface area contributed by atoms with Gasteiger partial charge in [0.2, 0.25) is 5.91 Å². The Balaban J connectivity index is 1.97. The second-order valence-electron chi connectivity index (χ2n) is 7.13. The molecule has 0 unspecified atom stereocenters. The standard InChI is InChI=1S/C22H23Cl2NO4/c1-28-19-9-7-15(13-16(19)20(26)29-2)25-21(27)22(10-4-3-5-11-22)17-8-6-14(23)12-18(17)24/h6-9,12-13H,3-5,10-11H2,1-2H3,(H,25,27). The van der Waals surface area contributed by atoms with Gasteiger partial charge in [0, 0.05) is 15.7 Å². The smallest absolute Gasteiger partial charge is 0.341 e. The highest BCUT2D eigenvalue weighted by molar-refractivity contribution is 6.35. The molecule has 0 heterocycles. The van der Waals surface area contributed by atoms with Crippen LogP contribution in [0.4, 0.5) is 5.69 Å². The summed E-state index contributed by atoms with van der Waals surface area (Å²) >= 11 is 12.5. The zero-order chi connectivity index (χ0) is 21.0. The summed E-state index contributed by atoms with van der Waals surface area (Å²) in [6, 6.07) is 10.2. The Morgan fingerprint density at radius 1 is 1.00 bits per heavy atom. The van der Waals surface area contributed by atoms with Crippen molar-refractivity contribution in [1.82, 2.24) is 0 Å². The predicted octanol–water partition coefficient (Wildman–Crippen LogP) is 5.63. The number of nitrogens with one attached hydrogen (secondary N) is 1. The number of anilines is 1. The van der Waals surface area contributed by atoms with Crippen molar-refractivity contribution < 1.29 is 19.1 Å². The van der Waals surface area contributed by atoms with E-state index >= 15 is 0 Å². The number of carbonyl (C=O) groups excluding carboxylic acids is 2. The fourth-order valence-corrected chi connectivity index (χ4v) is 4.55. The lowest BCUT2D eigenvalue weighted by molar-refractivity contribution is -0.122. The van der Waals surface area contributed by atoms with Gasteiger partial charge in [0.05, 0.1) is 19.6 Å². The fourth-order valence-electron chi connectivity index (χ4n) is 3.96. The number of methoxy groups -OCH3 is 2. The van der Waals surface area contributed by atoms with Crippen molar-refractivity contribution in [3.05, 3.63) is 57.6 Å². The van der Waals surface area contributed by atoms with Crippen LogP contribution in [0, 0.1) is 0 Å². The molecule has 3 rings (SSSR count). The first-order valence-corrected chi connectivity index (χ1v) is 10.2. The van der Waals surface area contributed by atoms with Crippen LogP contribution in [0.25, 0.3) is 0 Å². The zero-order valence-corrected chi connectivity index (χ0v) is 17.9. The molecule has 0 saturated heterocycles. The number of ether oxygens (including phenoxy) is 2. The minimum atomic E-state index is -0.745. The van der Waals surface area contributed by atoms with E-state index in [9.17, 15) is 9.59 Å². The quantitative estimate of drug-likeness (QED) is 0.617. The van der Waals surface area contributed by atoms with Crippen molar-refractivity contribution in [3.8, 4) is 5.75 Å². The van der Waals surface area contributed by atoms with Crippen LogP contribution in [0.5, 0.6) is 5.75 Å². The van der Waals surface area contributed by atoms with Crippen LogP contribution in [-0.2, 0) is 14.9 Å². The summed E-state index contributed by atoms with van der Waals surface area (Å²) in [5, 5.41) is 3.99. The molecule has 1 saturated carbocycles. The van der Waals surface area contributed by atoms with E-state index in [2.05, 4.69) is 5.32 Å². The first-order valence-electron chi connectivity index (χ1n) is 9.44. The van der Waals surface area contributed by atoms with E-state index < -0.39 is 11.4 Å². The van der Waals surface area contributed by atoms with Gasteiger partial charge in [-0.2, -0.15) is 0 Å². The van der Waals surface area contributed by atoms with Crippen LogP contribution in [0.3, 0.4) is 0 Å². The molecule has 1 aliphatic carbocycles. The third-order valence-electron chi connectivity index (χ3n) is 5.45. The lowest BCUT2D eigenvalue weighted by atomic mass is 9.68. The van der Waals surface area contributed by atoms with Gasteiger partial charge < -0.3 is 14.8 Å². The second-order valence-corrected chi connectivity index (χ2v) is 7.97. The summed E-state index contributed by atoms with van der Waals surface area (Å²) in [5.74, 6) is -0.309. The molecule has 2 aromatic rings. The number of carbonyl (C=O) groups is 2. The molecule has 29 heavy (non-hydrogen) atoms. The van der Waals surface area contributed by atoms with E-state index in [0.717, 1.165) is 24.8 Å². The lowest BCUT2D eigenvalue weighted by Gasteiger charge is -2.37. The van der Waals surface area contributed by atoms with E-state index in [1.165, 1.54) is 14.2 Å².